The Kier molecular flexibility index (Phi) is 34.0. The molecule has 0 aliphatic rings. The molecule has 0 fully saturated rings. The molecule has 2 aromatic rings. The van der Waals surface area contributed by atoms with E-state index in [2.05, 4.69) is 160 Å². The van der Waals surface area contributed by atoms with Gasteiger partial charge in [0.05, 0.1) is 20.3 Å². The van der Waals surface area contributed by atoms with Crippen LogP contribution in [0, 0.1) is 11.8 Å². The minimum Gasteiger partial charge on any atom is -0.497 e. The lowest BCUT2D eigenvalue weighted by atomic mass is 9.95. The molecule has 4 unspecified atom stereocenters. The zero-order chi connectivity index (χ0) is 47.5. The first-order valence-electron chi connectivity index (χ1n) is 20.2. The first-order valence-corrected chi connectivity index (χ1v) is 33.3. The lowest BCUT2D eigenvalue weighted by Gasteiger charge is -2.38. The highest BCUT2D eigenvalue weighted by Gasteiger charge is 2.39. The molecule has 346 valence electrons. The van der Waals surface area contributed by atoms with Crippen molar-refractivity contribution in [2.75, 3.05) is 52.2 Å². The van der Waals surface area contributed by atoms with Crippen molar-refractivity contribution in [3.05, 3.63) is 60.2 Å². The zero-order valence-corrected chi connectivity index (χ0v) is 47.9. The fourth-order valence-corrected chi connectivity index (χ4v) is 7.14. The SMILES string of the molecule is CC/C=C(\C)[C@@H](Nc1ccc(OC)cc1)[C@@H](C)CO[Si](C)(C)C(C)(C)C.COc1ccc(N[C@H](C(=O)N(C)C)[C@@H](C)CO[Si](C)(C)C(C)(C)C)cc1.O=C=O.PP.PPP. The number of allylic oxidation sites excluding steroid dienone is 1. The van der Waals surface area contributed by atoms with Gasteiger partial charge in [-0.25, -0.2) is 0 Å². The number of nitrogens with zero attached hydrogens (tertiary/aromatic N) is 1. The third kappa shape index (κ3) is 25.1. The van der Waals surface area contributed by atoms with Crippen LogP contribution in [0.5, 0.6) is 11.5 Å². The number of amides is 1. The van der Waals surface area contributed by atoms with Crippen LogP contribution in [0.15, 0.2) is 60.2 Å². The molecule has 60 heavy (non-hydrogen) atoms. The van der Waals surface area contributed by atoms with Gasteiger partial charge in [0.25, 0.3) is 0 Å². The van der Waals surface area contributed by atoms with Gasteiger partial charge in [-0.1, -0.05) is 81.9 Å². The standard InChI is InChI=1S/C22H39NO2Si.C20H36N2O3Si.CO2.H5P3.H4P2/c1-10-11-17(2)21(23-19-12-14-20(24-7)15-13-19)18(3)16-25-26(8,9)22(4,5)6;1-15(14-25-26(8,9)20(2,3)4)18(19(23)22(5)6)21-16-10-12-17(24-7)13-11-16;2-1-3;1-3-2;1-2/h11-15,18,21,23H,10,16H2,1-9H3;10-13,15,18,21H,14H2,1-9H3;;3H,1-2H2;1-2H2/b17-11+;;;;/t18-,21+;15-,18-;;;/m00.../s1. The van der Waals surface area contributed by atoms with Crippen LogP contribution >= 0.6 is 43.7 Å². The summed E-state index contributed by atoms with van der Waals surface area (Å²) in [7, 11) is 14.0. The smallest absolute Gasteiger partial charge is 0.373 e. The van der Waals surface area contributed by atoms with E-state index in [1.165, 1.54) is 5.57 Å². The van der Waals surface area contributed by atoms with Crippen LogP contribution in [0.25, 0.3) is 0 Å². The predicted molar refractivity (Wildman–Crippen MR) is 280 cm³/mol. The van der Waals surface area contributed by atoms with Gasteiger partial charge in [-0.3, -0.25) is 4.79 Å². The summed E-state index contributed by atoms with van der Waals surface area (Å²) in [6.07, 6.45) is 3.60. The van der Waals surface area contributed by atoms with Crippen molar-refractivity contribution in [1.29, 1.82) is 0 Å². The molecule has 0 saturated carbocycles. The van der Waals surface area contributed by atoms with E-state index in [9.17, 15) is 4.79 Å². The Morgan fingerprint density at radius 1 is 0.750 bits per heavy atom. The Morgan fingerprint density at radius 2 is 1.05 bits per heavy atom. The monoisotopic (exact) mass is 965 g/mol. The molecule has 1 amide bonds. The first-order chi connectivity index (χ1) is 27.7. The molecule has 0 heterocycles. The van der Waals surface area contributed by atoms with Gasteiger partial charge in [0.15, 0.2) is 16.6 Å². The van der Waals surface area contributed by atoms with Crippen molar-refractivity contribution in [1.82, 2.24) is 4.90 Å². The topological polar surface area (TPSA) is 115 Å². The number of rotatable bonds is 17. The van der Waals surface area contributed by atoms with E-state index >= 15 is 0 Å². The lowest BCUT2D eigenvalue weighted by Crippen LogP contribution is -2.47. The summed E-state index contributed by atoms with van der Waals surface area (Å²) >= 11 is 0. The molecule has 0 radical (unpaired) electrons. The van der Waals surface area contributed by atoms with Crippen LogP contribution in [-0.4, -0.2) is 87.2 Å². The van der Waals surface area contributed by atoms with Gasteiger partial charge in [-0.05, 0) is 98.1 Å². The molecule has 0 spiro atoms. The molecular formula is C43H84N3O7P5Si2. The number of hydrogen-bond acceptors (Lipinski definition) is 9. The number of likely N-dealkylation sites (N-methyl/N-ethyl adjacent to an activating group) is 1. The van der Waals surface area contributed by atoms with Gasteiger partial charge in [0.1, 0.15) is 17.5 Å². The van der Waals surface area contributed by atoms with Crippen LogP contribution in [0.3, 0.4) is 0 Å². The molecule has 0 aliphatic carbocycles. The number of hydrogen-bond donors (Lipinski definition) is 2. The summed E-state index contributed by atoms with van der Waals surface area (Å²) in [4.78, 5) is 30.6. The van der Waals surface area contributed by atoms with E-state index in [1.807, 2.05) is 36.4 Å². The number of carbonyl (C=O) groups is 1. The van der Waals surface area contributed by atoms with E-state index in [4.69, 9.17) is 27.9 Å². The maximum atomic E-state index is 12.7. The molecule has 2 rings (SSSR count). The number of benzene rings is 2. The van der Waals surface area contributed by atoms with Crippen molar-refractivity contribution in [2.45, 2.75) is 124 Å². The third-order valence-corrected chi connectivity index (χ3v) is 19.7. The average molecular weight is 966 g/mol. The van der Waals surface area contributed by atoms with Crippen LogP contribution in [0.1, 0.15) is 75.7 Å². The van der Waals surface area contributed by atoms with Gasteiger partial charge < -0.3 is 33.9 Å². The quantitative estimate of drug-likeness (QED) is 0.0908. The Balaban J connectivity index is -0.000000922. The second-order valence-electron chi connectivity index (χ2n) is 17.6. The van der Waals surface area contributed by atoms with Crippen LogP contribution in [0.2, 0.25) is 36.3 Å². The van der Waals surface area contributed by atoms with Gasteiger partial charge in [0, 0.05) is 50.5 Å². The van der Waals surface area contributed by atoms with Gasteiger partial charge in [-0.15, -0.1) is 35.7 Å². The van der Waals surface area contributed by atoms with Crippen molar-refractivity contribution in [3.8, 4) is 11.5 Å². The maximum absolute atomic E-state index is 12.7. The van der Waals surface area contributed by atoms with Crippen molar-refractivity contribution in [3.63, 3.8) is 0 Å². The zero-order valence-electron chi connectivity index (χ0n) is 40.2. The number of anilines is 2. The fourth-order valence-electron chi connectivity index (χ4n) is 4.92. The summed E-state index contributed by atoms with van der Waals surface area (Å²) < 4.78 is 23.3. The van der Waals surface area contributed by atoms with Gasteiger partial charge in [0.2, 0.25) is 5.91 Å². The van der Waals surface area contributed by atoms with Gasteiger partial charge in [-0.2, -0.15) is 9.59 Å². The largest absolute Gasteiger partial charge is 0.497 e. The predicted octanol–water partition coefficient (Wildman–Crippen LogP) is 12.0. The maximum Gasteiger partial charge on any atom is 0.373 e. The molecule has 10 nitrogen and oxygen atoms in total. The molecule has 0 saturated heterocycles. The lowest BCUT2D eigenvalue weighted by molar-refractivity contribution is -0.191. The van der Waals surface area contributed by atoms with Crippen LogP contribution in [0.4, 0.5) is 11.4 Å². The highest BCUT2D eigenvalue weighted by molar-refractivity contribution is 8.33. The summed E-state index contributed by atoms with van der Waals surface area (Å²) in [5, 5.41) is 7.46. The van der Waals surface area contributed by atoms with Crippen LogP contribution in [-0.2, 0) is 23.2 Å². The minimum atomic E-state index is -1.85. The molecule has 2 N–H and O–H groups in total. The van der Waals surface area contributed by atoms with Gasteiger partial charge >= 0.3 is 6.15 Å². The fraction of sp³-hybridized carbons (Fsp3) is 0.628. The van der Waals surface area contributed by atoms with Crippen molar-refractivity contribution in [2.24, 2.45) is 11.8 Å². The molecular weight excluding hydrogens is 882 g/mol. The highest BCUT2D eigenvalue weighted by Crippen LogP contribution is 2.38. The average Bonchev–Trinajstić information content (AvgIpc) is 3.18. The molecule has 17 heteroatoms. The molecule has 0 aromatic heterocycles. The summed E-state index contributed by atoms with van der Waals surface area (Å²) in [5.74, 6) is 2.14. The van der Waals surface area contributed by atoms with E-state index in [0.717, 1.165) is 43.9 Å². The highest BCUT2D eigenvalue weighted by atomic mass is 32.4. The Hall–Kier alpha value is -1.27. The second-order valence-corrected chi connectivity index (χ2v) is 31.6. The first kappa shape index (κ1) is 63.0. The Morgan fingerprint density at radius 3 is 1.32 bits per heavy atom. The Bertz CT molecular complexity index is 1500. The summed E-state index contributed by atoms with van der Waals surface area (Å²) in [6, 6.07) is 15.7. The van der Waals surface area contributed by atoms with E-state index in [-0.39, 0.29) is 40.1 Å². The van der Waals surface area contributed by atoms with Crippen LogP contribution < -0.4 is 20.1 Å². The molecule has 0 aliphatic heterocycles. The third-order valence-electron chi connectivity index (χ3n) is 10.7. The number of carbonyl (C=O) groups excluding carboxylic acids is 3. The summed E-state index contributed by atoms with van der Waals surface area (Å²) in [5.41, 5.74) is 3.37. The normalized spacial score (nSPS) is 13.5. The van der Waals surface area contributed by atoms with E-state index in [1.54, 1.807) is 33.2 Å². The Labute approximate surface area is 379 Å². The number of nitrogens with one attached hydrogen (secondary N) is 2. The number of methoxy groups -OCH3 is 2. The second kappa shape index (κ2) is 32.4. The van der Waals surface area contributed by atoms with E-state index < -0.39 is 16.6 Å². The number of ether oxygens (including phenoxy) is 2. The molecule has 0 bridgehead atoms. The molecule has 8 atom stereocenters. The minimum absolute atomic E-state index is 0.0427. The molecule has 2 aromatic carbocycles. The van der Waals surface area contributed by atoms with Crippen molar-refractivity contribution < 1.29 is 32.7 Å². The van der Waals surface area contributed by atoms with Crippen molar-refractivity contribution >= 4 is 83.7 Å². The van der Waals surface area contributed by atoms with E-state index in [0.29, 0.717) is 12.5 Å². The summed E-state index contributed by atoms with van der Waals surface area (Å²) in [6.45, 7) is 32.7.